The second-order valence-electron chi connectivity index (χ2n) is 8.92. The molecule has 0 aliphatic rings. The Kier molecular flexibility index (Phi) is 7.55. The van der Waals surface area contributed by atoms with Crippen LogP contribution in [0.15, 0.2) is 60.9 Å². The fraction of sp³-hybridized carbons (Fsp3) is 0.286. The number of carbonyl (C=O) groups excluding carboxylic acids is 2. The van der Waals surface area contributed by atoms with Crippen molar-refractivity contribution in [2.24, 2.45) is 0 Å². The van der Waals surface area contributed by atoms with Gasteiger partial charge < -0.3 is 19.8 Å². The van der Waals surface area contributed by atoms with Crippen LogP contribution in [0.1, 0.15) is 53.6 Å². The number of rotatable bonds is 11. The van der Waals surface area contributed by atoms with Crippen molar-refractivity contribution in [3.63, 3.8) is 0 Å². The summed E-state index contributed by atoms with van der Waals surface area (Å²) >= 11 is 0. The summed E-state index contributed by atoms with van der Waals surface area (Å²) < 4.78 is 0. The maximum atomic E-state index is 12.5. The Balaban J connectivity index is 1.45. The average Bonchev–Trinajstić information content (AvgIpc) is 3.28. The molecule has 0 amide bonds. The number of aryl methyl sites for hydroxylation is 1. The highest BCUT2D eigenvalue weighted by atomic mass is 16.4. The molecule has 35 heavy (non-hydrogen) atoms. The smallest absolute Gasteiger partial charge is 0.162 e. The Labute approximate surface area is 204 Å². The minimum atomic E-state index is -1.04. The number of carbonyl (C=O) groups is 2. The van der Waals surface area contributed by atoms with E-state index in [0.29, 0.717) is 31.2 Å². The normalized spacial score (nSPS) is 11.0. The first-order valence-electron chi connectivity index (χ1n) is 11.8. The maximum Gasteiger partial charge on any atom is 0.162 e. The Morgan fingerprint density at radius 2 is 1.74 bits per heavy atom. The van der Waals surface area contributed by atoms with Crippen LogP contribution in [0.5, 0.6) is 0 Å². The molecule has 0 aliphatic heterocycles. The zero-order valence-corrected chi connectivity index (χ0v) is 20.1. The molecule has 7 heteroatoms. The molecule has 7 nitrogen and oxygen atoms in total. The van der Waals surface area contributed by atoms with Crippen LogP contribution in [-0.2, 0) is 11.3 Å². The van der Waals surface area contributed by atoms with Crippen LogP contribution in [0, 0.1) is 6.92 Å². The zero-order valence-electron chi connectivity index (χ0n) is 20.1. The van der Waals surface area contributed by atoms with Crippen LogP contribution >= 0.6 is 0 Å². The molecule has 0 fully saturated rings. The fourth-order valence-electron chi connectivity index (χ4n) is 4.26. The van der Waals surface area contributed by atoms with Crippen molar-refractivity contribution in [2.75, 3.05) is 11.9 Å². The van der Waals surface area contributed by atoms with Crippen molar-refractivity contribution in [3.8, 4) is 11.3 Å². The van der Waals surface area contributed by atoms with E-state index in [1.807, 2.05) is 37.4 Å². The van der Waals surface area contributed by atoms with E-state index in [-0.39, 0.29) is 12.2 Å². The number of hydrogen-bond donors (Lipinski definition) is 1. The zero-order chi connectivity index (χ0) is 24.8. The van der Waals surface area contributed by atoms with E-state index in [4.69, 9.17) is 0 Å². The minimum Gasteiger partial charge on any atom is -0.550 e. The number of aliphatic carboxylic acids is 1. The van der Waals surface area contributed by atoms with Gasteiger partial charge in [0.15, 0.2) is 5.78 Å². The van der Waals surface area contributed by atoms with Crippen molar-refractivity contribution in [2.45, 2.75) is 45.6 Å². The second kappa shape index (κ2) is 11.0. The van der Waals surface area contributed by atoms with Crippen LogP contribution in [0.4, 0.5) is 5.82 Å². The van der Waals surface area contributed by atoms with Gasteiger partial charge in [0, 0.05) is 37.2 Å². The molecule has 0 atom stereocenters. The topological polar surface area (TPSA) is 102 Å². The third-order valence-electron chi connectivity index (χ3n) is 6.07. The van der Waals surface area contributed by atoms with Crippen molar-refractivity contribution in [3.05, 3.63) is 77.6 Å². The van der Waals surface area contributed by atoms with Crippen molar-refractivity contribution in [1.29, 1.82) is 0 Å². The number of unbranched alkanes of at least 4 members (excludes halogenated alkanes) is 2. The molecule has 4 rings (SSSR count). The highest BCUT2D eigenvalue weighted by molar-refractivity contribution is 5.97. The van der Waals surface area contributed by atoms with E-state index in [1.165, 1.54) is 11.1 Å². The number of nitrogens with one attached hydrogen (secondary N) is 1. The third kappa shape index (κ3) is 6.12. The molecule has 0 spiro atoms. The molecule has 4 aromatic rings. The van der Waals surface area contributed by atoms with E-state index < -0.39 is 5.97 Å². The number of aromatic nitrogens is 3. The van der Waals surface area contributed by atoms with Gasteiger partial charge in [-0.1, -0.05) is 60.5 Å². The number of fused-ring (bicyclic) bond motifs is 1. The largest absolute Gasteiger partial charge is 0.550 e. The summed E-state index contributed by atoms with van der Waals surface area (Å²) in [7, 11) is 2.02. The first-order chi connectivity index (χ1) is 16.9. The molecule has 2 aromatic carbocycles. The van der Waals surface area contributed by atoms with E-state index in [9.17, 15) is 14.7 Å². The van der Waals surface area contributed by atoms with Crippen molar-refractivity contribution >= 4 is 28.6 Å². The lowest BCUT2D eigenvalue weighted by molar-refractivity contribution is -0.305. The van der Waals surface area contributed by atoms with Gasteiger partial charge in [0.2, 0.25) is 0 Å². The van der Waals surface area contributed by atoms with Crippen LogP contribution in [0.25, 0.3) is 22.3 Å². The number of Topliss-reactive ketones (excluding diaryl/α,β-unsaturated/α-hetero) is 1. The Bertz CT molecular complexity index is 1330. The number of aromatic amines is 1. The molecular weight excluding hydrogens is 440 g/mol. The number of benzene rings is 2. The monoisotopic (exact) mass is 469 g/mol. The van der Waals surface area contributed by atoms with E-state index in [0.717, 1.165) is 34.7 Å². The molecule has 0 aliphatic carbocycles. The summed E-state index contributed by atoms with van der Waals surface area (Å²) in [4.78, 5) is 37.4. The van der Waals surface area contributed by atoms with Gasteiger partial charge in [-0.15, -0.1) is 0 Å². The number of nitrogens with zero attached hydrogens (tertiary/aromatic N) is 3. The summed E-state index contributed by atoms with van der Waals surface area (Å²) in [6.07, 6.45) is 3.94. The SMILES string of the molecule is Cc1cccc(CN(C)c2ncnc3[nH]c(-c4ccc(C(=O)CCCCCC(=O)[O-])cc4)cc23)c1. The Morgan fingerprint density at radius 1 is 0.971 bits per heavy atom. The quantitative estimate of drug-likeness (QED) is 0.257. The number of anilines is 1. The first kappa shape index (κ1) is 24.1. The molecule has 1 N–H and O–H groups in total. The lowest BCUT2D eigenvalue weighted by Gasteiger charge is -2.19. The standard InChI is InChI=1S/C28H30N4O3/c1-19-7-6-8-20(15-19)17-32(2)28-23-16-24(31-27(23)29-18-30-28)21-11-13-22(14-12-21)25(33)9-4-3-5-10-26(34)35/h6-8,11-16,18H,3-5,9-10,17H2,1-2H3,(H,34,35)(H,29,30,31)/p-1. The number of carboxylic acid groups (broad SMARTS) is 1. The van der Waals surface area contributed by atoms with Crippen molar-refractivity contribution in [1.82, 2.24) is 15.0 Å². The molecule has 2 heterocycles. The molecule has 0 saturated carbocycles. The molecule has 0 saturated heterocycles. The molecule has 2 aromatic heterocycles. The first-order valence-corrected chi connectivity index (χ1v) is 11.8. The van der Waals surface area contributed by atoms with Gasteiger partial charge in [0.1, 0.15) is 17.8 Å². The number of carboxylic acids is 1. The van der Waals surface area contributed by atoms with Gasteiger partial charge in [-0.25, -0.2) is 9.97 Å². The average molecular weight is 470 g/mol. The van der Waals surface area contributed by atoms with Gasteiger partial charge in [-0.05, 0) is 43.4 Å². The number of hydrogen-bond acceptors (Lipinski definition) is 6. The van der Waals surface area contributed by atoms with Gasteiger partial charge in [-0.3, -0.25) is 4.79 Å². The van der Waals surface area contributed by atoms with Gasteiger partial charge in [0.25, 0.3) is 0 Å². The highest BCUT2D eigenvalue weighted by Crippen LogP contribution is 2.29. The fourth-order valence-corrected chi connectivity index (χ4v) is 4.26. The van der Waals surface area contributed by atoms with Crippen LogP contribution in [0.3, 0.4) is 0 Å². The Hall–Kier alpha value is -4.00. The van der Waals surface area contributed by atoms with Crippen LogP contribution in [0.2, 0.25) is 0 Å². The van der Waals surface area contributed by atoms with Crippen molar-refractivity contribution < 1.29 is 14.7 Å². The van der Waals surface area contributed by atoms with Gasteiger partial charge >= 0.3 is 0 Å². The van der Waals surface area contributed by atoms with Crippen LogP contribution in [-0.4, -0.2) is 33.8 Å². The molecule has 0 unspecified atom stereocenters. The minimum absolute atomic E-state index is 0.0429. The molecular formula is C28H29N4O3-. The molecule has 0 radical (unpaired) electrons. The summed E-state index contributed by atoms with van der Waals surface area (Å²) in [5.74, 6) is -0.128. The van der Waals surface area contributed by atoms with E-state index >= 15 is 0 Å². The van der Waals surface area contributed by atoms with E-state index in [2.05, 4.69) is 51.0 Å². The van der Waals surface area contributed by atoms with Crippen LogP contribution < -0.4 is 10.0 Å². The highest BCUT2D eigenvalue weighted by Gasteiger charge is 2.14. The Morgan fingerprint density at radius 3 is 2.49 bits per heavy atom. The maximum absolute atomic E-state index is 12.5. The predicted molar refractivity (Wildman–Crippen MR) is 135 cm³/mol. The third-order valence-corrected chi connectivity index (χ3v) is 6.07. The summed E-state index contributed by atoms with van der Waals surface area (Å²) in [6.45, 7) is 2.82. The molecule has 0 bridgehead atoms. The van der Waals surface area contributed by atoms with Gasteiger partial charge in [-0.2, -0.15) is 0 Å². The van der Waals surface area contributed by atoms with E-state index in [1.54, 1.807) is 6.33 Å². The van der Waals surface area contributed by atoms with Gasteiger partial charge in [0.05, 0.1) is 5.39 Å². The number of ketones is 1. The second-order valence-corrected chi connectivity index (χ2v) is 8.92. The predicted octanol–water partition coefficient (Wildman–Crippen LogP) is 4.45. The summed E-state index contributed by atoms with van der Waals surface area (Å²) in [6, 6.07) is 18.0. The lowest BCUT2D eigenvalue weighted by atomic mass is 10.0. The summed E-state index contributed by atoms with van der Waals surface area (Å²) in [5.41, 5.74) is 5.73. The lowest BCUT2D eigenvalue weighted by Crippen LogP contribution is -2.21. The molecule has 180 valence electrons. The number of H-pyrrole nitrogens is 1. The summed E-state index contributed by atoms with van der Waals surface area (Å²) in [5, 5.41) is 11.4.